The molecule has 1 rings (SSSR count). The third-order valence-electron chi connectivity index (χ3n) is 6.17. The Bertz CT molecular complexity index is 534. The molecule has 1 N–H and O–H groups in total. The van der Waals surface area contributed by atoms with Gasteiger partial charge in [0.25, 0.3) is 0 Å². The van der Waals surface area contributed by atoms with Crippen molar-refractivity contribution in [2.45, 2.75) is 138 Å². The number of phenols is 1. The Morgan fingerprint density at radius 3 is 1.84 bits per heavy atom. The van der Waals surface area contributed by atoms with Crippen molar-refractivity contribution in [3.05, 3.63) is 29.3 Å². The lowest BCUT2D eigenvalue weighted by Gasteiger charge is -2.12. The van der Waals surface area contributed by atoms with Crippen molar-refractivity contribution in [2.24, 2.45) is 0 Å². The van der Waals surface area contributed by atoms with Gasteiger partial charge in [-0.15, -0.1) is 11.8 Å². The molecular formula is C28H49IOS. The molecule has 1 aromatic carbocycles. The van der Waals surface area contributed by atoms with Gasteiger partial charge in [0.05, 0.1) is 3.26 Å². The molecule has 0 aliphatic rings. The van der Waals surface area contributed by atoms with E-state index < -0.39 is 0 Å². The quantitative estimate of drug-likeness (QED) is 0.0917. The van der Waals surface area contributed by atoms with Gasteiger partial charge >= 0.3 is 0 Å². The van der Waals surface area contributed by atoms with Crippen LogP contribution in [0.3, 0.4) is 0 Å². The molecule has 1 nitrogen and oxygen atoms in total. The molecule has 0 fully saturated rings. The molecule has 0 aliphatic heterocycles. The van der Waals surface area contributed by atoms with Crippen LogP contribution >= 0.6 is 34.4 Å². The van der Waals surface area contributed by atoms with Crippen LogP contribution in [-0.2, 0) is 12.2 Å². The van der Waals surface area contributed by atoms with E-state index in [1.165, 1.54) is 115 Å². The number of hydrogen-bond donors (Lipinski definition) is 1. The van der Waals surface area contributed by atoms with Crippen molar-refractivity contribution in [3.63, 3.8) is 0 Å². The van der Waals surface area contributed by atoms with Crippen LogP contribution in [0.5, 0.6) is 5.75 Å². The minimum Gasteiger partial charge on any atom is -0.508 e. The van der Waals surface area contributed by atoms with Gasteiger partial charge in [-0.05, 0) is 30.9 Å². The number of aryl methyl sites for hydroxylation is 1. The Kier molecular flexibility index (Phi) is 19.4. The summed E-state index contributed by atoms with van der Waals surface area (Å²) in [5.74, 6) is 1.41. The number of benzene rings is 1. The minimum absolute atomic E-state index is 0.475. The van der Waals surface area contributed by atoms with Gasteiger partial charge in [0, 0.05) is 11.3 Å². The number of thioether (sulfide) groups is 1. The first-order valence-electron chi connectivity index (χ1n) is 13.2. The lowest BCUT2D eigenvalue weighted by Crippen LogP contribution is -1.95. The molecule has 0 spiro atoms. The van der Waals surface area contributed by atoms with Crippen molar-refractivity contribution < 1.29 is 5.11 Å². The number of aromatic hydroxyl groups is 1. The zero-order valence-corrected chi connectivity index (χ0v) is 23.5. The maximum absolute atomic E-state index is 10.3. The van der Waals surface area contributed by atoms with Gasteiger partial charge in [-0.3, -0.25) is 0 Å². The molecule has 0 heterocycles. The Morgan fingerprint density at radius 2 is 1.26 bits per heavy atom. The van der Waals surface area contributed by atoms with Crippen LogP contribution in [0.2, 0.25) is 0 Å². The highest BCUT2D eigenvalue weighted by atomic mass is 127. The van der Waals surface area contributed by atoms with Gasteiger partial charge in [-0.1, -0.05) is 145 Å². The van der Waals surface area contributed by atoms with Crippen LogP contribution in [0.1, 0.15) is 134 Å². The SMILES string of the molecule is CCCCCCCCCCCC(I)SCc1cc(CCCCCCCCC)ccc1O. The number of phenolic OH excluding ortho intramolecular Hbond substituents is 1. The van der Waals surface area contributed by atoms with E-state index in [1.807, 2.05) is 17.8 Å². The Labute approximate surface area is 212 Å². The van der Waals surface area contributed by atoms with Crippen LogP contribution in [0.4, 0.5) is 0 Å². The van der Waals surface area contributed by atoms with E-state index in [1.54, 1.807) is 0 Å². The van der Waals surface area contributed by atoms with Crippen LogP contribution in [0.15, 0.2) is 18.2 Å². The average molecular weight is 561 g/mol. The average Bonchev–Trinajstić information content (AvgIpc) is 2.77. The van der Waals surface area contributed by atoms with Gasteiger partial charge < -0.3 is 5.11 Å². The standard InChI is InChI=1S/C28H49IOS/c1-3-5-7-9-11-12-14-16-18-20-28(29)31-24-26-23-25(21-22-27(26)30)19-17-15-13-10-8-6-4-2/h21-23,28,30H,3-20,24H2,1-2H3. The summed E-state index contributed by atoms with van der Waals surface area (Å²) in [5, 5.41) is 10.3. The molecular weight excluding hydrogens is 511 g/mol. The molecule has 0 saturated heterocycles. The van der Waals surface area contributed by atoms with Crippen molar-refractivity contribution >= 4 is 34.4 Å². The fourth-order valence-corrected chi connectivity index (χ4v) is 5.98. The molecule has 0 amide bonds. The second-order valence-corrected chi connectivity index (χ2v) is 12.7. The highest BCUT2D eigenvalue weighted by Gasteiger charge is 2.09. The molecule has 3 heteroatoms. The lowest BCUT2D eigenvalue weighted by atomic mass is 10.0. The van der Waals surface area contributed by atoms with Gasteiger partial charge in [0.2, 0.25) is 0 Å². The normalized spacial score (nSPS) is 12.4. The smallest absolute Gasteiger partial charge is 0.119 e. The predicted octanol–water partition coefficient (Wildman–Crippen LogP) is 10.6. The number of hydrogen-bond acceptors (Lipinski definition) is 2. The molecule has 1 aromatic rings. The van der Waals surface area contributed by atoms with Crippen molar-refractivity contribution in [3.8, 4) is 5.75 Å². The van der Waals surface area contributed by atoms with Crippen molar-refractivity contribution in [1.29, 1.82) is 0 Å². The van der Waals surface area contributed by atoms with Crippen LogP contribution in [-0.4, -0.2) is 8.36 Å². The molecule has 0 aromatic heterocycles. The van der Waals surface area contributed by atoms with Crippen LogP contribution < -0.4 is 0 Å². The van der Waals surface area contributed by atoms with Gasteiger partial charge in [-0.25, -0.2) is 0 Å². The summed E-state index contributed by atoms with van der Waals surface area (Å²) in [4.78, 5) is 0. The molecule has 0 saturated carbocycles. The highest BCUT2D eigenvalue weighted by molar-refractivity contribution is 14.1. The maximum atomic E-state index is 10.3. The highest BCUT2D eigenvalue weighted by Crippen LogP contribution is 2.31. The van der Waals surface area contributed by atoms with E-state index in [0.717, 1.165) is 17.7 Å². The summed E-state index contributed by atoms with van der Waals surface area (Å²) in [6.45, 7) is 4.56. The molecule has 0 aliphatic carbocycles. The summed E-state index contributed by atoms with van der Waals surface area (Å²) in [6.07, 6.45) is 24.5. The predicted molar refractivity (Wildman–Crippen MR) is 151 cm³/mol. The van der Waals surface area contributed by atoms with Gasteiger partial charge in [0.1, 0.15) is 5.75 Å². The first-order chi connectivity index (χ1) is 15.2. The summed E-state index contributed by atoms with van der Waals surface area (Å²) in [7, 11) is 0. The maximum Gasteiger partial charge on any atom is 0.119 e. The van der Waals surface area contributed by atoms with E-state index in [0.29, 0.717) is 9.01 Å². The second-order valence-electron chi connectivity index (χ2n) is 9.17. The van der Waals surface area contributed by atoms with Crippen molar-refractivity contribution in [2.75, 3.05) is 0 Å². The first kappa shape index (κ1) is 29.1. The first-order valence-corrected chi connectivity index (χ1v) is 15.5. The van der Waals surface area contributed by atoms with E-state index >= 15 is 0 Å². The fourth-order valence-electron chi connectivity index (χ4n) is 4.08. The van der Waals surface area contributed by atoms with Gasteiger partial charge in [0.15, 0.2) is 0 Å². The Balaban J connectivity index is 2.14. The molecule has 31 heavy (non-hydrogen) atoms. The van der Waals surface area contributed by atoms with Crippen molar-refractivity contribution in [1.82, 2.24) is 0 Å². The zero-order valence-electron chi connectivity index (χ0n) is 20.5. The number of halogens is 1. The van der Waals surface area contributed by atoms with E-state index in [-0.39, 0.29) is 0 Å². The summed E-state index contributed by atoms with van der Waals surface area (Å²) in [5.41, 5.74) is 2.52. The molecule has 1 unspecified atom stereocenters. The zero-order chi connectivity index (χ0) is 22.6. The number of alkyl halides is 1. The fraction of sp³-hybridized carbons (Fsp3) is 0.786. The minimum atomic E-state index is 0.475. The Hall–Kier alpha value is 0.100. The van der Waals surface area contributed by atoms with E-state index in [9.17, 15) is 5.11 Å². The monoisotopic (exact) mass is 560 g/mol. The summed E-state index contributed by atoms with van der Waals surface area (Å²) in [6, 6.07) is 6.28. The third kappa shape index (κ3) is 16.4. The lowest BCUT2D eigenvalue weighted by molar-refractivity contribution is 0.470. The topological polar surface area (TPSA) is 20.2 Å². The van der Waals surface area contributed by atoms with Crippen LogP contribution in [0.25, 0.3) is 0 Å². The summed E-state index contributed by atoms with van der Waals surface area (Å²) >= 11 is 4.59. The van der Waals surface area contributed by atoms with E-state index in [2.05, 4.69) is 48.6 Å². The molecule has 0 radical (unpaired) electrons. The largest absolute Gasteiger partial charge is 0.508 e. The third-order valence-corrected chi connectivity index (χ3v) is 8.94. The molecule has 180 valence electrons. The molecule has 0 bridgehead atoms. The van der Waals surface area contributed by atoms with E-state index in [4.69, 9.17) is 0 Å². The van der Waals surface area contributed by atoms with Crippen LogP contribution in [0, 0.1) is 0 Å². The number of unbranched alkanes of at least 4 members (excludes halogenated alkanes) is 14. The summed E-state index contributed by atoms with van der Waals surface area (Å²) < 4.78 is 0.647. The molecule has 1 atom stereocenters. The second kappa shape index (κ2) is 20.7. The Morgan fingerprint density at radius 1 is 0.742 bits per heavy atom. The number of rotatable bonds is 21. The van der Waals surface area contributed by atoms with Gasteiger partial charge in [-0.2, -0.15) is 0 Å².